The predicted octanol–water partition coefficient (Wildman–Crippen LogP) is 1.62. The third-order valence-electron chi connectivity index (χ3n) is 3.41. The molecule has 0 saturated carbocycles. The van der Waals surface area contributed by atoms with Gasteiger partial charge in [0.05, 0.1) is 12.1 Å². The number of carbonyl (C=O) groups excluding carboxylic acids is 2. The molecule has 1 aromatic rings. The van der Waals surface area contributed by atoms with Gasteiger partial charge in [0.2, 0.25) is 11.8 Å². The van der Waals surface area contributed by atoms with Crippen molar-refractivity contribution in [2.45, 2.75) is 25.9 Å². The molecule has 6 heteroatoms. The topological polar surface area (TPSA) is 61.8 Å². The van der Waals surface area contributed by atoms with Crippen LogP contribution < -0.4 is 5.32 Å². The smallest absolute Gasteiger partial charge is 0.249 e. The highest BCUT2D eigenvalue weighted by molar-refractivity contribution is 6.30. The first-order valence-corrected chi connectivity index (χ1v) is 6.36. The largest absolute Gasteiger partial charge is 0.343 e. The van der Waals surface area contributed by atoms with Crippen molar-refractivity contribution in [2.24, 2.45) is 4.99 Å². The molecule has 0 spiro atoms. The van der Waals surface area contributed by atoms with E-state index in [4.69, 9.17) is 11.6 Å². The van der Waals surface area contributed by atoms with E-state index in [1.807, 2.05) is 17.9 Å². The minimum absolute atomic E-state index is 0.189. The van der Waals surface area contributed by atoms with Crippen LogP contribution in [0.2, 0.25) is 5.02 Å². The fourth-order valence-corrected chi connectivity index (χ4v) is 2.61. The Kier molecular flexibility index (Phi) is 2.78. The molecule has 1 atom stereocenters. The molecule has 19 heavy (non-hydrogen) atoms. The van der Waals surface area contributed by atoms with Gasteiger partial charge < -0.3 is 4.90 Å². The van der Waals surface area contributed by atoms with E-state index in [1.165, 1.54) is 0 Å². The third kappa shape index (κ3) is 2.10. The lowest BCUT2D eigenvalue weighted by atomic mass is 10.1. The zero-order chi connectivity index (χ0) is 13.6. The van der Waals surface area contributed by atoms with E-state index in [0.29, 0.717) is 11.6 Å². The van der Waals surface area contributed by atoms with Gasteiger partial charge in [-0.05, 0) is 24.6 Å². The quantitative estimate of drug-likeness (QED) is 0.794. The summed E-state index contributed by atoms with van der Waals surface area (Å²) in [5, 5.41) is 2.96. The summed E-state index contributed by atoms with van der Waals surface area (Å²) in [6, 6.07) is 5.04. The molecule has 5 nitrogen and oxygen atoms in total. The monoisotopic (exact) mass is 277 g/mol. The highest BCUT2D eigenvalue weighted by Gasteiger charge is 2.37. The molecule has 0 bridgehead atoms. The van der Waals surface area contributed by atoms with E-state index in [-0.39, 0.29) is 18.2 Å². The van der Waals surface area contributed by atoms with Gasteiger partial charge in [0.25, 0.3) is 0 Å². The van der Waals surface area contributed by atoms with Crippen LogP contribution in [0, 0.1) is 0 Å². The number of aliphatic imine (C=N–C) groups is 1. The van der Waals surface area contributed by atoms with Crippen LogP contribution in [0.5, 0.6) is 0 Å². The van der Waals surface area contributed by atoms with Crippen molar-refractivity contribution in [2.75, 3.05) is 0 Å². The lowest BCUT2D eigenvalue weighted by molar-refractivity contribution is -0.125. The van der Waals surface area contributed by atoms with Crippen molar-refractivity contribution in [1.29, 1.82) is 0 Å². The molecule has 2 aliphatic rings. The number of amidine groups is 1. The first kappa shape index (κ1) is 12.2. The van der Waals surface area contributed by atoms with E-state index in [9.17, 15) is 9.59 Å². The first-order chi connectivity index (χ1) is 9.04. The van der Waals surface area contributed by atoms with Gasteiger partial charge in [-0.3, -0.25) is 14.9 Å². The van der Waals surface area contributed by atoms with Crippen LogP contribution in [0.1, 0.15) is 18.9 Å². The van der Waals surface area contributed by atoms with Crippen molar-refractivity contribution < 1.29 is 9.59 Å². The van der Waals surface area contributed by atoms with Crippen molar-refractivity contribution in [3.05, 3.63) is 28.8 Å². The van der Waals surface area contributed by atoms with Crippen LogP contribution in [0.3, 0.4) is 0 Å². The number of hydrogen-bond donors (Lipinski definition) is 1. The Morgan fingerprint density at radius 1 is 1.42 bits per heavy atom. The SMILES string of the molecule is CC1=Nc2cc(Cl)ccc2CN1C1CC(=O)NC1=O. The standard InChI is InChI=1S/C13H12ClN3O2/c1-7-15-10-4-9(14)3-2-8(10)6-17(7)11-5-12(18)16-13(11)19/h2-4,11H,5-6H2,1H3,(H,16,18,19). The molecule has 1 N–H and O–H groups in total. The highest BCUT2D eigenvalue weighted by Crippen LogP contribution is 2.31. The molecule has 1 unspecified atom stereocenters. The number of imide groups is 1. The Balaban J connectivity index is 1.94. The van der Waals surface area contributed by atoms with Gasteiger partial charge in [0.15, 0.2) is 0 Å². The number of rotatable bonds is 1. The van der Waals surface area contributed by atoms with Gasteiger partial charge in [-0.15, -0.1) is 0 Å². The van der Waals surface area contributed by atoms with Crippen LogP contribution in [0.15, 0.2) is 23.2 Å². The zero-order valence-corrected chi connectivity index (χ0v) is 11.1. The first-order valence-electron chi connectivity index (χ1n) is 5.98. The summed E-state index contributed by atoms with van der Waals surface area (Å²) in [6.45, 7) is 2.40. The molecule has 2 amide bonds. The van der Waals surface area contributed by atoms with Crippen LogP contribution in [0.4, 0.5) is 5.69 Å². The number of amides is 2. The number of carbonyl (C=O) groups is 2. The molecule has 2 aliphatic heterocycles. The van der Waals surface area contributed by atoms with Crippen LogP contribution in [-0.4, -0.2) is 28.6 Å². The van der Waals surface area contributed by atoms with Gasteiger partial charge in [-0.1, -0.05) is 17.7 Å². The van der Waals surface area contributed by atoms with Gasteiger partial charge in [-0.25, -0.2) is 4.99 Å². The summed E-state index contributed by atoms with van der Waals surface area (Å²) in [5.41, 5.74) is 1.83. The van der Waals surface area contributed by atoms with E-state index >= 15 is 0 Å². The summed E-state index contributed by atoms with van der Waals surface area (Å²) in [5.74, 6) is 0.242. The molecule has 0 radical (unpaired) electrons. The zero-order valence-electron chi connectivity index (χ0n) is 10.3. The average Bonchev–Trinajstić information content (AvgIpc) is 2.67. The lowest BCUT2D eigenvalue weighted by Crippen LogP contribution is -2.44. The second kappa shape index (κ2) is 4.35. The Bertz CT molecular complexity index is 612. The molecule has 98 valence electrons. The Morgan fingerprint density at radius 3 is 2.89 bits per heavy atom. The van der Waals surface area contributed by atoms with Crippen LogP contribution in [-0.2, 0) is 16.1 Å². The van der Waals surface area contributed by atoms with Crippen molar-refractivity contribution in [1.82, 2.24) is 10.2 Å². The van der Waals surface area contributed by atoms with Crippen LogP contribution in [0.25, 0.3) is 0 Å². The van der Waals surface area contributed by atoms with Gasteiger partial charge >= 0.3 is 0 Å². The fourth-order valence-electron chi connectivity index (χ4n) is 2.44. The summed E-state index contributed by atoms with van der Waals surface area (Å²) >= 11 is 5.94. The maximum Gasteiger partial charge on any atom is 0.249 e. The Morgan fingerprint density at radius 2 is 2.21 bits per heavy atom. The number of hydrogen-bond acceptors (Lipinski definition) is 4. The normalized spacial score (nSPS) is 22.1. The summed E-state index contributed by atoms with van der Waals surface area (Å²) in [6.07, 6.45) is 0.189. The number of benzene rings is 1. The van der Waals surface area contributed by atoms with Gasteiger partial charge in [0, 0.05) is 11.6 Å². The molecule has 2 heterocycles. The second-order valence-corrected chi connectivity index (χ2v) is 5.13. The highest BCUT2D eigenvalue weighted by atomic mass is 35.5. The van der Waals surface area contributed by atoms with Gasteiger partial charge in [0.1, 0.15) is 11.9 Å². The molecule has 3 rings (SSSR count). The number of nitrogens with zero attached hydrogens (tertiary/aromatic N) is 2. The maximum atomic E-state index is 11.7. The van der Waals surface area contributed by atoms with E-state index < -0.39 is 6.04 Å². The minimum Gasteiger partial charge on any atom is -0.343 e. The summed E-state index contributed by atoms with van der Waals surface area (Å²) in [4.78, 5) is 29.3. The summed E-state index contributed by atoms with van der Waals surface area (Å²) in [7, 11) is 0. The van der Waals surface area contributed by atoms with Crippen molar-refractivity contribution >= 4 is 34.9 Å². The lowest BCUT2D eigenvalue weighted by Gasteiger charge is -2.32. The Labute approximate surface area is 115 Å². The minimum atomic E-state index is -0.458. The third-order valence-corrected chi connectivity index (χ3v) is 3.64. The molecule has 1 fully saturated rings. The van der Waals surface area contributed by atoms with Crippen molar-refractivity contribution in [3.8, 4) is 0 Å². The van der Waals surface area contributed by atoms with E-state index in [2.05, 4.69) is 10.3 Å². The second-order valence-electron chi connectivity index (χ2n) is 4.69. The van der Waals surface area contributed by atoms with Gasteiger partial charge in [-0.2, -0.15) is 0 Å². The number of fused-ring (bicyclic) bond motifs is 1. The van der Waals surface area contributed by atoms with Crippen LogP contribution >= 0.6 is 11.6 Å². The van der Waals surface area contributed by atoms with E-state index in [1.54, 1.807) is 12.1 Å². The number of halogens is 1. The molecular weight excluding hydrogens is 266 g/mol. The molecule has 0 aromatic heterocycles. The number of nitrogens with one attached hydrogen (secondary N) is 1. The summed E-state index contributed by atoms with van der Waals surface area (Å²) < 4.78 is 0. The maximum absolute atomic E-state index is 11.7. The molecule has 1 aromatic carbocycles. The van der Waals surface area contributed by atoms with Crippen molar-refractivity contribution in [3.63, 3.8) is 0 Å². The Hall–Kier alpha value is -1.88. The average molecular weight is 278 g/mol. The van der Waals surface area contributed by atoms with E-state index in [0.717, 1.165) is 17.1 Å². The molecule has 1 saturated heterocycles. The predicted molar refractivity (Wildman–Crippen MR) is 71.3 cm³/mol. The molecule has 0 aliphatic carbocycles. The molecular formula is C13H12ClN3O2. The fraction of sp³-hybridized carbons (Fsp3) is 0.308.